The van der Waals surface area contributed by atoms with Crippen molar-refractivity contribution in [1.82, 2.24) is 4.98 Å². The summed E-state index contributed by atoms with van der Waals surface area (Å²) in [5.41, 5.74) is 4.29. The van der Waals surface area contributed by atoms with Gasteiger partial charge < -0.3 is 4.42 Å². The van der Waals surface area contributed by atoms with Crippen molar-refractivity contribution in [2.24, 2.45) is 5.41 Å². The molecule has 1 aromatic heterocycles. The molecule has 0 bridgehead atoms. The van der Waals surface area contributed by atoms with E-state index in [0.717, 1.165) is 28.1 Å². The molecule has 0 aliphatic carbocycles. The van der Waals surface area contributed by atoms with E-state index in [1.54, 1.807) is 0 Å². The van der Waals surface area contributed by atoms with Gasteiger partial charge >= 0.3 is 0 Å². The van der Waals surface area contributed by atoms with Crippen LogP contribution in [0.2, 0.25) is 0 Å². The van der Waals surface area contributed by atoms with E-state index >= 15 is 0 Å². The summed E-state index contributed by atoms with van der Waals surface area (Å²) in [6.45, 7) is 9.95. The maximum atomic E-state index is 13.1. The van der Waals surface area contributed by atoms with E-state index in [1.807, 2.05) is 76.2 Å². The van der Waals surface area contributed by atoms with E-state index in [1.165, 1.54) is 5.56 Å². The molecule has 0 saturated carbocycles. The van der Waals surface area contributed by atoms with Gasteiger partial charge in [-0.15, -0.1) is 0 Å². The molecule has 1 heterocycles. The number of nitrogens with zero attached hydrogens (tertiary/aromatic N) is 1. The molecular weight excluding hydrogens is 322 g/mol. The first-order chi connectivity index (χ1) is 12.3. The number of rotatable bonds is 5. The molecule has 0 spiro atoms. The molecule has 3 aromatic rings. The Balaban J connectivity index is 1.86. The number of hydrogen-bond acceptors (Lipinski definition) is 3. The van der Waals surface area contributed by atoms with Gasteiger partial charge in [0.15, 0.2) is 5.78 Å². The zero-order chi connectivity index (χ0) is 18.9. The van der Waals surface area contributed by atoms with E-state index < -0.39 is 5.41 Å². The van der Waals surface area contributed by atoms with Gasteiger partial charge in [-0.05, 0) is 50.1 Å². The molecule has 134 valence electrons. The van der Waals surface area contributed by atoms with Gasteiger partial charge in [0.2, 0.25) is 5.89 Å². The minimum atomic E-state index is -0.569. The first kappa shape index (κ1) is 18.1. The van der Waals surface area contributed by atoms with Crippen molar-refractivity contribution in [2.75, 3.05) is 0 Å². The summed E-state index contributed by atoms with van der Waals surface area (Å²) >= 11 is 0. The molecule has 0 radical (unpaired) electrons. The third-order valence-corrected chi connectivity index (χ3v) is 4.90. The normalized spacial score (nSPS) is 11.6. The monoisotopic (exact) mass is 347 g/mol. The number of oxazole rings is 1. The van der Waals surface area contributed by atoms with E-state index in [9.17, 15) is 4.79 Å². The number of ketones is 1. The van der Waals surface area contributed by atoms with Crippen molar-refractivity contribution in [2.45, 2.75) is 41.0 Å². The lowest BCUT2D eigenvalue weighted by atomic mass is 9.80. The van der Waals surface area contributed by atoms with E-state index in [-0.39, 0.29) is 5.78 Å². The number of carbonyl (C=O) groups is 1. The van der Waals surface area contributed by atoms with Crippen LogP contribution in [-0.4, -0.2) is 10.8 Å². The Hall–Kier alpha value is -2.68. The van der Waals surface area contributed by atoms with Crippen LogP contribution in [-0.2, 0) is 6.42 Å². The standard InChI is InChI=1S/C23H25NO2/c1-15-11-12-19(13-16(15)2)21(25)23(4,5)14-20-17(3)24-22(26-20)18-9-7-6-8-10-18/h6-13H,14H2,1-5H3. The predicted octanol–water partition coefficient (Wildman–Crippen LogP) is 5.72. The molecule has 3 rings (SSSR count). The highest BCUT2D eigenvalue weighted by Gasteiger charge is 2.31. The van der Waals surface area contributed by atoms with Gasteiger partial charge in [-0.2, -0.15) is 0 Å². The summed E-state index contributed by atoms with van der Waals surface area (Å²) in [6.07, 6.45) is 0.518. The number of Topliss-reactive ketones (excluding diaryl/α,β-unsaturated/α-hetero) is 1. The van der Waals surface area contributed by atoms with E-state index in [4.69, 9.17) is 4.42 Å². The van der Waals surface area contributed by atoms with Crippen molar-refractivity contribution in [3.63, 3.8) is 0 Å². The Morgan fingerprint density at radius 2 is 1.69 bits per heavy atom. The van der Waals surface area contributed by atoms with Crippen molar-refractivity contribution >= 4 is 5.78 Å². The maximum absolute atomic E-state index is 13.1. The summed E-state index contributed by atoms with van der Waals surface area (Å²) in [6, 6.07) is 15.7. The van der Waals surface area contributed by atoms with Crippen LogP contribution in [0.3, 0.4) is 0 Å². The highest BCUT2D eigenvalue weighted by Crippen LogP contribution is 2.31. The molecule has 3 nitrogen and oxygen atoms in total. The van der Waals surface area contributed by atoms with Gasteiger partial charge in [-0.3, -0.25) is 4.79 Å². The Kier molecular flexibility index (Phi) is 4.82. The fourth-order valence-corrected chi connectivity index (χ4v) is 3.05. The zero-order valence-corrected chi connectivity index (χ0v) is 16.1. The highest BCUT2D eigenvalue weighted by atomic mass is 16.4. The van der Waals surface area contributed by atoms with Crippen molar-refractivity contribution < 1.29 is 9.21 Å². The zero-order valence-electron chi connectivity index (χ0n) is 16.1. The van der Waals surface area contributed by atoms with Crippen LogP contribution in [0.25, 0.3) is 11.5 Å². The maximum Gasteiger partial charge on any atom is 0.226 e. The molecule has 2 aromatic carbocycles. The third kappa shape index (κ3) is 3.62. The second-order valence-corrected chi connectivity index (χ2v) is 7.58. The summed E-state index contributed by atoms with van der Waals surface area (Å²) < 4.78 is 6.00. The minimum absolute atomic E-state index is 0.123. The summed E-state index contributed by atoms with van der Waals surface area (Å²) in [5, 5.41) is 0. The van der Waals surface area contributed by atoms with Crippen LogP contribution < -0.4 is 0 Å². The Morgan fingerprint density at radius 1 is 1.00 bits per heavy atom. The van der Waals surface area contributed by atoms with Gasteiger partial charge in [-0.25, -0.2) is 4.98 Å². The average Bonchev–Trinajstić information content (AvgIpc) is 2.97. The topological polar surface area (TPSA) is 43.1 Å². The molecule has 0 aliphatic heterocycles. The molecule has 0 saturated heterocycles. The predicted molar refractivity (Wildman–Crippen MR) is 104 cm³/mol. The molecule has 0 fully saturated rings. The SMILES string of the molecule is Cc1ccc(C(=O)C(C)(C)Cc2oc(-c3ccccc3)nc2C)cc1C. The first-order valence-electron chi connectivity index (χ1n) is 8.92. The number of benzene rings is 2. The molecule has 26 heavy (non-hydrogen) atoms. The van der Waals surface area contributed by atoms with Crippen LogP contribution in [0.5, 0.6) is 0 Å². The quantitative estimate of drug-likeness (QED) is 0.554. The van der Waals surface area contributed by atoms with Crippen LogP contribution in [0.4, 0.5) is 0 Å². The lowest BCUT2D eigenvalue weighted by Crippen LogP contribution is -2.27. The lowest BCUT2D eigenvalue weighted by Gasteiger charge is -2.22. The molecule has 0 amide bonds. The minimum Gasteiger partial charge on any atom is -0.441 e. The van der Waals surface area contributed by atoms with E-state index in [2.05, 4.69) is 11.9 Å². The van der Waals surface area contributed by atoms with Gasteiger partial charge in [0.05, 0.1) is 5.69 Å². The molecule has 3 heteroatoms. The summed E-state index contributed by atoms with van der Waals surface area (Å²) in [4.78, 5) is 17.6. The Bertz CT molecular complexity index is 936. The van der Waals surface area contributed by atoms with Crippen LogP contribution >= 0.6 is 0 Å². The number of aromatic nitrogens is 1. The second kappa shape index (κ2) is 6.91. The van der Waals surface area contributed by atoms with Gasteiger partial charge in [-0.1, -0.05) is 44.2 Å². The number of hydrogen-bond donors (Lipinski definition) is 0. The first-order valence-corrected chi connectivity index (χ1v) is 8.92. The fraction of sp³-hybridized carbons (Fsp3) is 0.304. The van der Waals surface area contributed by atoms with Gasteiger partial charge in [0.1, 0.15) is 5.76 Å². The summed E-state index contributed by atoms with van der Waals surface area (Å²) in [5.74, 6) is 1.50. The van der Waals surface area contributed by atoms with Crippen molar-refractivity contribution in [3.05, 3.63) is 76.7 Å². The highest BCUT2D eigenvalue weighted by molar-refractivity contribution is 6.00. The van der Waals surface area contributed by atoms with Crippen molar-refractivity contribution in [1.29, 1.82) is 0 Å². The summed E-state index contributed by atoms with van der Waals surface area (Å²) in [7, 11) is 0. The number of aryl methyl sites for hydroxylation is 3. The van der Waals surface area contributed by atoms with Crippen LogP contribution in [0, 0.1) is 26.2 Å². The Labute approximate surface area is 155 Å². The van der Waals surface area contributed by atoms with Gasteiger partial charge in [0.25, 0.3) is 0 Å². The third-order valence-electron chi connectivity index (χ3n) is 4.90. The lowest BCUT2D eigenvalue weighted by molar-refractivity contribution is 0.0830. The van der Waals surface area contributed by atoms with Crippen LogP contribution in [0.15, 0.2) is 52.9 Å². The Morgan fingerprint density at radius 3 is 2.35 bits per heavy atom. The number of carbonyl (C=O) groups excluding carboxylic acids is 1. The second-order valence-electron chi connectivity index (χ2n) is 7.58. The molecule has 0 atom stereocenters. The smallest absolute Gasteiger partial charge is 0.226 e. The average molecular weight is 347 g/mol. The molecule has 0 N–H and O–H groups in total. The van der Waals surface area contributed by atoms with E-state index in [0.29, 0.717) is 12.3 Å². The molecular formula is C23H25NO2. The molecule has 0 unspecified atom stereocenters. The fourth-order valence-electron chi connectivity index (χ4n) is 3.05. The van der Waals surface area contributed by atoms with Crippen LogP contribution in [0.1, 0.15) is 46.8 Å². The largest absolute Gasteiger partial charge is 0.441 e. The van der Waals surface area contributed by atoms with Crippen molar-refractivity contribution in [3.8, 4) is 11.5 Å². The molecule has 0 aliphatic rings. The van der Waals surface area contributed by atoms with Gasteiger partial charge in [0, 0.05) is 23.0 Å².